The van der Waals surface area contributed by atoms with E-state index < -0.39 is 16.1 Å². The van der Waals surface area contributed by atoms with Crippen LogP contribution >= 0.6 is 0 Å². The Morgan fingerprint density at radius 2 is 1.56 bits per heavy atom. The molecule has 0 heterocycles. The van der Waals surface area contributed by atoms with Crippen LogP contribution in [0.1, 0.15) is 63.1 Å². The SMILES string of the molecule is CCC(C)NC(=O)C(CC)N(Cc1ccccc1C)C(=O)CCCN(c1ccccc1C)S(C)(=O)=O. The van der Waals surface area contributed by atoms with Crippen LogP contribution in [0.25, 0.3) is 0 Å². The highest BCUT2D eigenvalue weighted by molar-refractivity contribution is 7.92. The molecule has 0 saturated heterocycles. The molecule has 1 N–H and O–H groups in total. The van der Waals surface area contributed by atoms with Gasteiger partial charge in [0, 0.05) is 25.6 Å². The van der Waals surface area contributed by atoms with Gasteiger partial charge in [0.05, 0.1) is 11.9 Å². The van der Waals surface area contributed by atoms with E-state index in [9.17, 15) is 18.0 Å². The number of nitrogens with one attached hydrogen (secondary N) is 1. The third kappa shape index (κ3) is 8.08. The smallest absolute Gasteiger partial charge is 0.243 e. The van der Waals surface area contributed by atoms with Crippen LogP contribution in [0.4, 0.5) is 5.69 Å². The fourth-order valence-corrected chi connectivity index (χ4v) is 5.18. The molecular weight excluding hydrogens is 474 g/mol. The van der Waals surface area contributed by atoms with Crippen molar-refractivity contribution in [2.24, 2.45) is 0 Å². The van der Waals surface area contributed by atoms with E-state index in [1.165, 1.54) is 10.6 Å². The van der Waals surface area contributed by atoms with Gasteiger partial charge in [0.25, 0.3) is 0 Å². The summed E-state index contributed by atoms with van der Waals surface area (Å²) in [4.78, 5) is 28.3. The molecule has 2 aromatic rings. The molecule has 7 nitrogen and oxygen atoms in total. The molecule has 0 fully saturated rings. The van der Waals surface area contributed by atoms with Crippen LogP contribution in [0, 0.1) is 13.8 Å². The highest BCUT2D eigenvalue weighted by Gasteiger charge is 2.29. The fraction of sp³-hybridized carbons (Fsp3) is 0.500. The average molecular weight is 516 g/mol. The Morgan fingerprint density at radius 1 is 0.944 bits per heavy atom. The van der Waals surface area contributed by atoms with Gasteiger partial charge in [0.2, 0.25) is 21.8 Å². The molecule has 0 aliphatic heterocycles. The maximum absolute atomic E-state index is 13.5. The first-order valence-corrected chi connectivity index (χ1v) is 14.5. The molecule has 198 valence electrons. The summed E-state index contributed by atoms with van der Waals surface area (Å²) in [6.45, 7) is 10.2. The van der Waals surface area contributed by atoms with Crippen molar-refractivity contribution in [3.8, 4) is 0 Å². The Hall–Kier alpha value is -2.87. The fourth-order valence-electron chi connectivity index (χ4n) is 4.16. The first kappa shape index (κ1) is 29.4. The van der Waals surface area contributed by atoms with Gasteiger partial charge >= 0.3 is 0 Å². The number of hydrogen-bond acceptors (Lipinski definition) is 4. The third-order valence-corrected chi connectivity index (χ3v) is 7.71. The largest absolute Gasteiger partial charge is 0.352 e. The second-order valence-corrected chi connectivity index (χ2v) is 11.3. The summed E-state index contributed by atoms with van der Waals surface area (Å²) in [6, 6.07) is 14.6. The van der Waals surface area contributed by atoms with E-state index in [4.69, 9.17) is 0 Å². The van der Waals surface area contributed by atoms with Crippen LogP contribution in [0.2, 0.25) is 0 Å². The van der Waals surface area contributed by atoms with E-state index >= 15 is 0 Å². The van der Waals surface area contributed by atoms with Crippen LogP contribution in [-0.2, 0) is 26.2 Å². The van der Waals surface area contributed by atoms with Gasteiger partial charge in [-0.15, -0.1) is 0 Å². The summed E-state index contributed by atoms with van der Waals surface area (Å²) in [5, 5.41) is 3.02. The van der Waals surface area contributed by atoms with Crippen molar-refractivity contribution in [1.82, 2.24) is 10.2 Å². The standard InChI is InChI=1S/C28H41N3O4S/c1-7-23(5)29-28(33)25(8-2)30(20-24-16-11-9-14-21(24)3)27(32)18-13-19-31(36(6,34)35)26-17-12-10-15-22(26)4/h9-12,14-17,23,25H,7-8,13,18-20H2,1-6H3,(H,29,33). The van der Waals surface area contributed by atoms with Crippen molar-refractivity contribution in [3.63, 3.8) is 0 Å². The summed E-state index contributed by atoms with van der Waals surface area (Å²) < 4.78 is 26.4. The minimum Gasteiger partial charge on any atom is -0.352 e. The number of carbonyl (C=O) groups excluding carboxylic acids is 2. The highest BCUT2D eigenvalue weighted by atomic mass is 32.2. The summed E-state index contributed by atoms with van der Waals surface area (Å²) >= 11 is 0. The third-order valence-electron chi connectivity index (χ3n) is 6.53. The zero-order chi connectivity index (χ0) is 26.9. The average Bonchev–Trinajstić information content (AvgIpc) is 2.82. The number of hydrogen-bond donors (Lipinski definition) is 1. The van der Waals surface area contributed by atoms with Gasteiger partial charge in [-0.3, -0.25) is 13.9 Å². The van der Waals surface area contributed by atoms with Gasteiger partial charge in [0.1, 0.15) is 6.04 Å². The number of sulfonamides is 1. The van der Waals surface area contributed by atoms with Crippen molar-refractivity contribution in [3.05, 3.63) is 65.2 Å². The molecule has 0 spiro atoms. The first-order chi connectivity index (χ1) is 17.0. The van der Waals surface area contributed by atoms with Gasteiger partial charge in [0.15, 0.2) is 0 Å². The second kappa shape index (κ2) is 13.4. The Bertz CT molecular complexity index is 1130. The summed E-state index contributed by atoms with van der Waals surface area (Å²) in [6.07, 6.45) is 2.94. The quantitative estimate of drug-likeness (QED) is 0.423. The number of rotatable bonds is 13. The molecule has 2 aromatic carbocycles. The van der Waals surface area contributed by atoms with Crippen molar-refractivity contribution in [1.29, 1.82) is 0 Å². The lowest BCUT2D eigenvalue weighted by molar-refractivity contribution is -0.141. The van der Waals surface area contributed by atoms with E-state index in [-0.39, 0.29) is 30.8 Å². The molecule has 2 amide bonds. The summed E-state index contributed by atoms with van der Waals surface area (Å²) in [7, 11) is -3.52. The lowest BCUT2D eigenvalue weighted by Gasteiger charge is -2.32. The highest BCUT2D eigenvalue weighted by Crippen LogP contribution is 2.23. The maximum Gasteiger partial charge on any atom is 0.243 e. The number of nitrogens with zero attached hydrogens (tertiary/aromatic N) is 2. The molecule has 2 rings (SSSR count). The number of anilines is 1. The van der Waals surface area contributed by atoms with Gasteiger partial charge in [-0.2, -0.15) is 0 Å². The van der Waals surface area contributed by atoms with E-state index in [1.54, 1.807) is 17.0 Å². The molecule has 0 aliphatic rings. The number of benzene rings is 2. The molecule has 8 heteroatoms. The minimum absolute atomic E-state index is 0.0133. The van der Waals surface area contributed by atoms with E-state index in [0.29, 0.717) is 25.1 Å². The molecule has 0 aromatic heterocycles. The van der Waals surface area contributed by atoms with E-state index in [2.05, 4.69) is 5.32 Å². The lowest BCUT2D eigenvalue weighted by atomic mass is 10.0. The molecule has 0 aliphatic carbocycles. The molecule has 2 unspecified atom stereocenters. The number of para-hydroxylation sites is 1. The first-order valence-electron chi connectivity index (χ1n) is 12.7. The monoisotopic (exact) mass is 515 g/mol. The topological polar surface area (TPSA) is 86.8 Å². The molecule has 0 radical (unpaired) electrons. The molecular formula is C28H41N3O4S. The summed E-state index contributed by atoms with van der Waals surface area (Å²) in [5.74, 6) is -0.325. The number of aryl methyl sites for hydroxylation is 2. The van der Waals surface area contributed by atoms with Crippen molar-refractivity contribution < 1.29 is 18.0 Å². The Kier molecular flexibility index (Phi) is 11.0. The van der Waals surface area contributed by atoms with Gasteiger partial charge in [-0.1, -0.05) is 56.3 Å². The normalized spacial score (nSPS) is 13.1. The van der Waals surface area contributed by atoms with Gasteiger partial charge in [-0.05, 0) is 62.8 Å². The molecule has 0 bridgehead atoms. The van der Waals surface area contributed by atoms with Crippen LogP contribution in [0.15, 0.2) is 48.5 Å². The predicted molar refractivity (Wildman–Crippen MR) is 146 cm³/mol. The number of carbonyl (C=O) groups is 2. The van der Waals surface area contributed by atoms with E-state index in [0.717, 1.165) is 23.1 Å². The zero-order valence-corrected chi connectivity index (χ0v) is 23.3. The van der Waals surface area contributed by atoms with E-state index in [1.807, 2.05) is 71.0 Å². The van der Waals surface area contributed by atoms with Crippen LogP contribution in [0.5, 0.6) is 0 Å². The zero-order valence-electron chi connectivity index (χ0n) is 22.5. The van der Waals surface area contributed by atoms with Crippen LogP contribution in [0.3, 0.4) is 0 Å². The number of amides is 2. The predicted octanol–water partition coefficient (Wildman–Crippen LogP) is 4.57. The van der Waals surface area contributed by atoms with Gasteiger partial charge < -0.3 is 10.2 Å². The Balaban J connectivity index is 2.25. The summed E-state index contributed by atoms with van der Waals surface area (Å²) in [5.41, 5.74) is 3.50. The molecule has 36 heavy (non-hydrogen) atoms. The lowest BCUT2D eigenvalue weighted by Crippen LogP contribution is -2.50. The second-order valence-electron chi connectivity index (χ2n) is 9.42. The molecule has 0 saturated carbocycles. The van der Waals surface area contributed by atoms with Crippen molar-refractivity contribution in [2.45, 2.75) is 78.9 Å². The Labute approximate surface area is 216 Å². The van der Waals surface area contributed by atoms with Crippen LogP contribution in [-0.4, -0.2) is 50.0 Å². The van der Waals surface area contributed by atoms with Crippen molar-refractivity contribution in [2.75, 3.05) is 17.1 Å². The van der Waals surface area contributed by atoms with Crippen molar-refractivity contribution >= 4 is 27.5 Å². The van der Waals surface area contributed by atoms with Crippen LogP contribution < -0.4 is 9.62 Å². The maximum atomic E-state index is 13.5. The Morgan fingerprint density at radius 3 is 2.11 bits per heavy atom. The minimum atomic E-state index is -3.52. The molecule has 2 atom stereocenters. The van der Waals surface area contributed by atoms with Gasteiger partial charge in [-0.25, -0.2) is 8.42 Å².